The molecule has 0 aromatic heterocycles. The monoisotopic (exact) mass is 455 g/mol. The molecule has 2 aromatic carbocycles. The van der Waals surface area contributed by atoms with Crippen molar-refractivity contribution >= 4 is 45.1 Å². The summed E-state index contributed by atoms with van der Waals surface area (Å²) in [6.07, 6.45) is 0.509. The lowest BCUT2D eigenvalue weighted by Gasteiger charge is -2.12. The van der Waals surface area contributed by atoms with Crippen molar-refractivity contribution in [2.24, 2.45) is 0 Å². The van der Waals surface area contributed by atoms with Crippen molar-refractivity contribution in [3.63, 3.8) is 0 Å². The van der Waals surface area contributed by atoms with E-state index in [1.165, 1.54) is 7.11 Å². The zero-order valence-corrected chi connectivity index (χ0v) is 17.2. The number of ether oxygens (including phenoxy) is 3. The van der Waals surface area contributed by atoms with E-state index in [1.54, 1.807) is 31.4 Å². The van der Waals surface area contributed by atoms with Gasteiger partial charge in [-0.2, -0.15) is 0 Å². The molecule has 0 fully saturated rings. The van der Waals surface area contributed by atoms with Crippen molar-refractivity contribution in [3.05, 3.63) is 51.5 Å². The average molecular weight is 457 g/mol. The number of para-hydroxylation sites is 1. The van der Waals surface area contributed by atoms with Crippen LogP contribution in [0.5, 0.6) is 11.5 Å². The number of benzene rings is 2. The van der Waals surface area contributed by atoms with Gasteiger partial charge < -0.3 is 19.5 Å². The summed E-state index contributed by atoms with van der Waals surface area (Å²) in [6.45, 7) is -0.388. The first-order chi connectivity index (χ1) is 12.9. The first kappa shape index (κ1) is 21.1. The summed E-state index contributed by atoms with van der Waals surface area (Å²) in [6, 6.07) is 10.5. The Balaban J connectivity index is 1.83. The van der Waals surface area contributed by atoms with Crippen LogP contribution in [-0.2, 0) is 20.7 Å². The number of rotatable bonds is 8. The number of halogens is 2. The third-order valence-electron chi connectivity index (χ3n) is 3.65. The number of esters is 1. The molecule has 6 nitrogen and oxygen atoms in total. The van der Waals surface area contributed by atoms with Crippen LogP contribution >= 0.6 is 27.5 Å². The first-order valence-corrected chi connectivity index (χ1v) is 9.22. The molecule has 0 saturated carbocycles. The second kappa shape index (κ2) is 10.2. The molecule has 0 bridgehead atoms. The molecule has 0 unspecified atom stereocenters. The number of carbonyl (C=O) groups excluding carboxylic acids is 2. The molecule has 0 spiro atoms. The summed E-state index contributed by atoms with van der Waals surface area (Å²) < 4.78 is 16.4. The summed E-state index contributed by atoms with van der Waals surface area (Å²) in [4.78, 5) is 23.8. The van der Waals surface area contributed by atoms with Gasteiger partial charge in [-0.3, -0.25) is 9.59 Å². The normalized spacial score (nSPS) is 10.2. The molecule has 0 heterocycles. The molecule has 0 radical (unpaired) electrons. The standard InChI is InChI=1S/C19H19BrClNO5/c1-25-16-5-3-4-12(19(16)26-2)6-9-18(24)27-11-17(23)22-15-8-7-13(20)10-14(15)21/h3-5,7-8,10H,6,9,11H2,1-2H3,(H,22,23). The minimum atomic E-state index is -0.489. The summed E-state index contributed by atoms with van der Waals surface area (Å²) in [5.74, 6) is 0.216. The number of carbonyl (C=O) groups is 2. The van der Waals surface area contributed by atoms with Crippen molar-refractivity contribution in [1.29, 1.82) is 0 Å². The molecule has 144 valence electrons. The van der Waals surface area contributed by atoms with Gasteiger partial charge in [-0.05, 0) is 36.2 Å². The van der Waals surface area contributed by atoms with Crippen LogP contribution in [0.15, 0.2) is 40.9 Å². The predicted octanol–water partition coefficient (Wildman–Crippen LogP) is 4.23. The fraction of sp³-hybridized carbons (Fsp3) is 0.263. The number of anilines is 1. The van der Waals surface area contributed by atoms with Crippen molar-refractivity contribution in [1.82, 2.24) is 0 Å². The van der Waals surface area contributed by atoms with Crippen LogP contribution < -0.4 is 14.8 Å². The lowest BCUT2D eigenvalue weighted by atomic mass is 10.1. The van der Waals surface area contributed by atoms with Gasteiger partial charge in [0.2, 0.25) is 0 Å². The van der Waals surface area contributed by atoms with Crippen LogP contribution in [0.25, 0.3) is 0 Å². The van der Waals surface area contributed by atoms with Gasteiger partial charge >= 0.3 is 5.97 Å². The van der Waals surface area contributed by atoms with E-state index in [4.69, 9.17) is 25.8 Å². The minimum absolute atomic E-state index is 0.107. The quantitative estimate of drug-likeness (QED) is 0.602. The summed E-state index contributed by atoms with van der Waals surface area (Å²) in [7, 11) is 3.09. The molecule has 0 atom stereocenters. The van der Waals surface area contributed by atoms with Crippen molar-refractivity contribution in [2.75, 3.05) is 26.1 Å². The van der Waals surface area contributed by atoms with E-state index >= 15 is 0 Å². The number of hydrogen-bond acceptors (Lipinski definition) is 5. The maximum Gasteiger partial charge on any atom is 0.306 e. The number of amides is 1. The molecule has 0 aliphatic rings. The van der Waals surface area contributed by atoms with Crippen LogP contribution in [0.3, 0.4) is 0 Å². The van der Waals surface area contributed by atoms with E-state index in [9.17, 15) is 9.59 Å². The average Bonchev–Trinajstić information content (AvgIpc) is 2.66. The molecule has 1 N–H and O–H groups in total. The molecule has 2 aromatic rings. The van der Waals surface area contributed by atoms with Crippen molar-refractivity contribution < 1.29 is 23.8 Å². The fourth-order valence-electron chi connectivity index (χ4n) is 2.38. The molecule has 0 aliphatic carbocycles. The Morgan fingerprint density at radius 2 is 1.93 bits per heavy atom. The molecule has 0 saturated heterocycles. The molecular weight excluding hydrogens is 438 g/mol. The predicted molar refractivity (Wildman–Crippen MR) is 107 cm³/mol. The van der Waals surface area contributed by atoms with Gasteiger partial charge in [0.05, 0.1) is 24.9 Å². The summed E-state index contributed by atoms with van der Waals surface area (Å²) >= 11 is 9.32. The van der Waals surface area contributed by atoms with Crippen LogP contribution in [0.1, 0.15) is 12.0 Å². The highest BCUT2D eigenvalue weighted by Gasteiger charge is 2.13. The van der Waals surface area contributed by atoms with Gasteiger partial charge in [0.15, 0.2) is 18.1 Å². The van der Waals surface area contributed by atoms with Gasteiger partial charge in [0.25, 0.3) is 5.91 Å². The van der Waals surface area contributed by atoms with Crippen LogP contribution in [0.4, 0.5) is 5.69 Å². The highest BCUT2D eigenvalue weighted by atomic mass is 79.9. The maximum absolute atomic E-state index is 11.9. The third-order valence-corrected chi connectivity index (χ3v) is 4.46. The van der Waals surface area contributed by atoms with E-state index in [2.05, 4.69) is 21.2 Å². The van der Waals surface area contributed by atoms with E-state index < -0.39 is 11.9 Å². The Kier molecular flexibility index (Phi) is 7.94. The highest BCUT2D eigenvalue weighted by molar-refractivity contribution is 9.10. The van der Waals surface area contributed by atoms with E-state index in [0.29, 0.717) is 28.6 Å². The van der Waals surface area contributed by atoms with Gasteiger partial charge in [-0.1, -0.05) is 39.7 Å². The first-order valence-electron chi connectivity index (χ1n) is 8.05. The number of nitrogens with one attached hydrogen (secondary N) is 1. The van der Waals surface area contributed by atoms with Gasteiger partial charge in [-0.15, -0.1) is 0 Å². The second-order valence-corrected chi connectivity index (χ2v) is 6.81. The SMILES string of the molecule is COc1cccc(CCC(=O)OCC(=O)Nc2ccc(Br)cc2Cl)c1OC. The Hall–Kier alpha value is -2.25. The number of methoxy groups -OCH3 is 2. The largest absolute Gasteiger partial charge is 0.493 e. The Labute approximate surface area is 170 Å². The summed E-state index contributed by atoms with van der Waals surface area (Å²) in [5.41, 5.74) is 1.27. The fourth-order valence-corrected chi connectivity index (χ4v) is 3.10. The van der Waals surface area contributed by atoms with Gasteiger partial charge in [-0.25, -0.2) is 0 Å². The molecule has 1 amide bonds. The Bertz CT molecular complexity index is 828. The van der Waals surface area contributed by atoms with Crippen LogP contribution in [0.2, 0.25) is 5.02 Å². The van der Waals surface area contributed by atoms with Crippen LogP contribution in [0, 0.1) is 0 Å². The number of aryl methyl sites for hydroxylation is 1. The van der Waals surface area contributed by atoms with Gasteiger partial charge in [0, 0.05) is 10.9 Å². The van der Waals surface area contributed by atoms with Crippen molar-refractivity contribution in [2.45, 2.75) is 12.8 Å². The highest BCUT2D eigenvalue weighted by Crippen LogP contribution is 2.31. The van der Waals surface area contributed by atoms with E-state index in [0.717, 1.165) is 10.0 Å². The molecule has 27 heavy (non-hydrogen) atoms. The minimum Gasteiger partial charge on any atom is -0.493 e. The third kappa shape index (κ3) is 6.15. The molecule has 0 aliphatic heterocycles. The maximum atomic E-state index is 11.9. The second-order valence-electron chi connectivity index (χ2n) is 5.49. The zero-order chi connectivity index (χ0) is 19.8. The Morgan fingerprint density at radius 3 is 2.59 bits per heavy atom. The lowest BCUT2D eigenvalue weighted by Crippen LogP contribution is -2.21. The zero-order valence-electron chi connectivity index (χ0n) is 14.9. The molecule has 2 rings (SSSR count). The molecule has 8 heteroatoms. The van der Waals surface area contributed by atoms with Crippen molar-refractivity contribution in [3.8, 4) is 11.5 Å². The number of hydrogen-bond donors (Lipinski definition) is 1. The smallest absolute Gasteiger partial charge is 0.306 e. The van der Waals surface area contributed by atoms with E-state index in [-0.39, 0.29) is 13.0 Å². The molecular formula is C19H19BrClNO5. The van der Waals surface area contributed by atoms with Gasteiger partial charge in [0.1, 0.15) is 0 Å². The van der Waals surface area contributed by atoms with E-state index in [1.807, 2.05) is 12.1 Å². The summed E-state index contributed by atoms with van der Waals surface area (Å²) in [5, 5.41) is 2.98. The lowest BCUT2D eigenvalue weighted by molar-refractivity contribution is -0.147. The van der Waals surface area contributed by atoms with Crippen LogP contribution in [-0.4, -0.2) is 32.7 Å². The Morgan fingerprint density at radius 1 is 1.15 bits per heavy atom. The topological polar surface area (TPSA) is 73.9 Å².